The summed E-state index contributed by atoms with van der Waals surface area (Å²) in [5, 5.41) is 10.1. The number of carbonyl (C=O) groups excluding carboxylic acids is 2. The van der Waals surface area contributed by atoms with Crippen LogP contribution in [-0.4, -0.2) is 52.1 Å². The third kappa shape index (κ3) is 4.39. The minimum atomic E-state index is -0.518. The van der Waals surface area contributed by atoms with Gasteiger partial charge in [0.25, 0.3) is 5.91 Å². The molecule has 1 aromatic heterocycles. The van der Waals surface area contributed by atoms with Crippen LogP contribution in [0.2, 0.25) is 0 Å². The van der Waals surface area contributed by atoms with Gasteiger partial charge in [0.15, 0.2) is 0 Å². The van der Waals surface area contributed by atoms with E-state index in [0.717, 1.165) is 44.5 Å². The molecule has 0 radical (unpaired) electrons. The number of rotatable bonds is 5. The van der Waals surface area contributed by atoms with Gasteiger partial charge in [0.05, 0.1) is 6.04 Å². The molecule has 1 saturated carbocycles. The second kappa shape index (κ2) is 7.99. The van der Waals surface area contributed by atoms with Crippen molar-refractivity contribution in [2.24, 2.45) is 5.73 Å². The lowest BCUT2D eigenvalue weighted by atomic mass is 9.93. The highest BCUT2D eigenvalue weighted by molar-refractivity contribution is 5.90. The van der Waals surface area contributed by atoms with Crippen LogP contribution in [0, 0.1) is 0 Å². The van der Waals surface area contributed by atoms with Crippen LogP contribution in [0.5, 0.6) is 0 Å². The number of aromatic nitrogens is 2. The fraction of sp³-hybridized carbons (Fsp3) is 0.722. The largest absolute Gasteiger partial charge is 0.364 e. The van der Waals surface area contributed by atoms with E-state index in [-0.39, 0.29) is 23.6 Å². The molecule has 0 spiro atoms. The zero-order valence-electron chi connectivity index (χ0n) is 15.0. The maximum absolute atomic E-state index is 12.6. The van der Waals surface area contributed by atoms with Crippen molar-refractivity contribution in [1.82, 2.24) is 20.4 Å². The van der Waals surface area contributed by atoms with E-state index in [9.17, 15) is 9.59 Å². The molecule has 2 heterocycles. The summed E-state index contributed by atoms with van der Waals surface area (Å²) in [7, 11) is 0. The number of hydrogen-bond donors (Lipinski definition) is 3. The van der Waals surface area contributed by atoms with Gasteiger partial charge in [-0.25, -0.2) is 0 Å². The molecule has 2 aliphatic rings. The lowest BCUT2D eigenvalue weighted by Gasteiger charge is -2.36. The van der Waals surface area contributed by atoms with Crippen molar-refractivity contribution in [2.75, 3.05) is 13.1 Å². The van der Waals surface area contributed by atoms with Crippen molar-refractivity contribution in [3.05, 3.63) is 17.5 Å². The molecule has 0 bridgehead atoms. The smallest absolute Gasteiger partial charge is 0.269 e. The van der Waals surface area contributed by atoms with Crippen LogP contribution in [0.25, 0.3) is 0 Å². The number of nitrogens with one attached hydrogen (secondary N) is 2. The van der Waals surface area contributed by atoms with E-state index in [1.165, 1.54) is 19.3 Å². The summed E-state index contributed by atoms with van der Waals surface area (Å²) in [6.07, 6.45) is 7.97. The molecule has 1 aliphatic carbocycles. The standard InChI is InChI=1S/C18H29N5O2/c1-12(18(25)20-14-7-3-2-4-8-14)23-9-5-6-13(11-23)15-10-16(17(19)24)22-21-15/h10,12-14H,2-9,11H2,1H3,(H2,19,24)(H,20,25)(H,21,22)/t12-,13-/m0/s1. The van der Waals surface area contributed by atoms with Crippen LogP contribution in [0.3, 0.4) is 0 Å². The number of carbonyl (C=O) groups is 2. The van der Waals surface area contributed by atoms with E-state index >= 15 is 0 Å². The number of hydrogen-bond acceptors (Lipinski definition) is 4. The molecule has 1 saturated heterocycles. The molecule has 0 unspecified atom stereocenters. The molecule has 3 rings (SSSR count). The maximum Gasteiger partial charge on any atom is 0.269 e. The quantitative estimate of drug-likeness (QED) is 0.751. The van der Waals surface area contributed by atoms with Crippen LogP contribution in [0.4, 0.5) is 0 Å². The Balaban J connectivity index is 1.57. The molecule has 2 atom stereocenters. The van der Waals surface area contributed by atoms with Gasteiger partial charge in [0.2, 0.25) is 5.91 Å². The van der Waals surface area contributed by atoms with Crippen molar-refractivity contribution in [1.29, 1.82) is 0 Å². The minimum Gasteiger partial charge on any atom is -0.364 e. The topological polar surface area (TPSA) is 104 Å². The van der Waals surface area contributed by atoms with E-state index in [1.54, 1.807) is 6.07 Å². The highest BCUT2D eigenvalue weighted by atomic mass is 16.2. The molecule has 4 N–H and O–H groups in total. The molecule has 7 nitrogen and oxygen atoms in total. The van der Waals surface area contributed by atoms with Crippen LogP contribution >= 0.6 is 0 Å². The first-order chi connectivity index (χ1) is 12.0. The lowest BCUT2D eigenvalue weighted by molar-refractivity contribution is -0.127. The van der Waals surface area contributed by atoms with Gasteiger partial charge in [-0.2, -0.15) is 5.10 Å². The zero-order valence-corrected chi connectivity index (χ0v) is 15.0. The van der Waals surface area contributed by atoms with E-state index in [4.69, 9.17) is 5.73 Å². The number of primary amides is 1. The normalized spacial score (nSPS) is 24.0. The molecular weight excluding hydrogens is 318 g/mol. The summed E-state index contributed by atoms with van der Waals surface area (Å²) >= 11 is 0. The highest BCUT2D eigenvalue weighted by Gasteiger charge is 2.30. The molecule has 2 fully saturated rings. The van der Waals surface area contributed by atoms with Crippen molar-refractivity contribution in [2.45, 2.75) is 69.9 Å². The van der Waals surface area contributed by atoms with Gasteiger partial charge >= 0.3 is 0 Å². The van der Waals surface area contributed by atoms with Gasteiger partial charge in [-0.1, -0.05) is 19.3 Å². The maximum atomic E-state index is 12.6. The van der Waals surface area contributed by atoms with E-state index in [2.05, 4.69) is 20.4 Å². The molecule has 25 heavy (non-hydrogen) atoms. The number of likely N-dealkylation sites (tertiary alicyclic amines) is 1. The number of H-pyrrole nitrogens is 1. The van der Waals surface area contributed by atoms with Gasteiger partial charge in [0, 0.05) is 24.2 Å². The third-order valence-corrected chi connectivity index (χ3v) is 5.62. The summed E-state index contributed by atoms with van der Waals surface area (Å²) in [5.41, 5.74) is 6.48. The summed E-state index contributed by atoms with van der Waals surface area (Å²) in [6, 6.07) is 1.95. The van der Waals surface area contributed by atoms with Gasteiger partial charge in [-0.15, -0.1) is 0 Å². The summed E-state index contributed by atoms with van der Waals surface area (Å²) in [4.78, 5) is 26.1. The summed E-state index contributed by atoms with van der Waals surface area (Å²) < 4.78 is 0. The number of nitrogens with zero attached hydrogens (tertiary/aromatic N) is 2. The van der Waals surface area contributed by atoms with Gasteiger partial charge in [-0.3, -0.25) is 19.6 Å². The number of nitrogens with two attached hydrogens (primary N) is 1. The molecule has 2 amide bonds. The fourth-order valence-electron chi connectivity index (χ4n) is 4.02. The van der Waals surface area contributed by atoms with Crippen molar-refractivity contribution >= 4 is 11.8 Å². The Morgan fingerprint density at radius 2 is 2.04 bits per heavy atom. The fourth-order valence-corrected chi connectivity index (χ4v) is 4.02. The van der Waals surface area contributed by atoms with Crippen molar-refractivity contribution < 1.29 is 9.59 Å². The number of aromatic amines is 1. The highest BCUT2D eigenvalue weighted by Crippen LogP contribution is 2.27. The average molecular weight is 347 g/mol. The first-order valence-corrected chi connectivity index (χ1v) is 9.44. The predicted octanol–water partition coefficient (Wildman–Crippen LogP) is 1.53. The summed E-state index contributed by atoms with van der Waals surface area (Å²) in [6.45, 7) is 3.70. The SMILES string of the molecule is C[C@@H](C(=O)NC1CCCCC1)N1CCC[C@H](c2cc(C(N)=O)n[nH]2)C1. The molecule has 138 valence electrons. The second-order valence-corrected chi connectivity index (χ2v) is 7.43. The Kier molecular flexibility index (Phi) is 5.73. The van der Waals surface area contributed by atoms with E-state index in [1.807, 2.05) is 6.92 Å². The van der Waals surface area contributed by atoms with Gasteiger partial charge in [0.1, 0.15) is 5.69 Å². The van der Waals surface area contributed by atoms with E-state index < -0.39 is 5.91 Å². The third-order valence-electron chi connectivity index (χ3n) is 5.62. The molecule has 1 aromatic rings. The molecular formula is C18H29N5O2. The zero-order chi connectivity index (χ0) is 17.8. The summed E-state index contributed by atoms with van der Waals surface area (Å²) in [5.74, 6) is -0.135. The van der Waals surface area contributed by atoms with Crippen molar-refractivity contribution in [3.8, 4) is 0 Å². The molecule has 0 aromatic carbocycles. The Morgan fingerprint density at radius 3 is 2.72 bits per heavy atom. The molecule has 7 heteroatoms. The van der Waals surface area contributed by atoms with Crippen LogP contribution < -0.4 is 11.1 Å². The predicted molar refractivity (Wildman–Crippen MR) is 95.1 cm³/mol. The van der Waals surface area contributed by atoms with Crippen LogP contribution in [0.15, 0.2) is 6.07 Å². The molecule has 1 aliphatic heterocycles. The first-order valence-electron chi connectivity index (χ1n) is 9.44. The van der Waals surface area contributed by atoms with Crippen LogP contribution in [0.1, 0.15) is 74.0 Å². The van der Waals surface area contributed by atoms with E-state index in [0.29, 0.717) is 6.04 Å². The second-order valence-electron chi connectivity index (χ2n) is 7.43. The Morgan fingerprint density at radius 1 is 1.28 bits per heavy atom. The monoisotopic (exact) mass is 347 g/mol. The number of amides is 2. The van der Waals surface area contributed by atoms with Crippen molar-refractivity contribution in [3.63, 3.8) is 0 Å². The van der Waals surface area contributed by atoms with Gasteiger partial charge < -0.3 is 11.1 Å². The number of piperidine rings is 1. The van der Waals surface area contributed by atoms with Crippen LogP contribution in [-0.2, 0) is 4.79 Å². The average Bonchev–Trinajstić information content (AvgIpc) is 3.12. The lowest BCUT2D eigenvalue weighted by Crippen LogP contribution is -2.51. The first kappa shape index (κ1) is 17.9. The Bertz CT molecular complexity index is 608. The Hall–Kier alpha value is -1.89. The Labute approximate surface area is 148 Å². The van der Waals surface area contributed by atoms with Gasteiger partial charge in [-0.05, 0) is 45.2 Å². The minimum absolute atomic E-state index is 0.134.